The zero-order valence-electron chi connectivity index (χ0n) is 17.4. The third-order valence-corrected chi connectivity index (χ3v) is 5.31. The van der Waals surface area contributed by atoms with E-state index in [2.05, 4.69) is 26.8 Å². The van der Waals surface area contributed by atoms with Crippen LogP contribution in [-0.4, -0.2) is 52.1 Å². The third-order valence-electron chi connectivity index (χ3n) is 5.00. The second-order valence-corrected chi connectivity index (χ2v) is 7.62. The molecule has 1 aromatic carbocycles. The number of halogens is 1. The van der Waals surface area contributed by atoms with Crippen molar-refractivity contribution in [3.63, 3.8) is 0 Å². The van der Waals surface area contributed by atoms with Gasteiger partial charge >= 0.3 is 0 Å². The number of amides is 1. The topological polar surface area (TPSA) is 120 Å². The fraction of sp³-hybridized carbons (Fsp3) is 0.217. The van der Waals surface area contributed by atoms with Crippen LogP contribution in [0.5, 0.6) is 0 Å². The first-order chi connectivity index (χ1) is 15.4. The van der Waals surface area contributed by atoms with Gasteiger partial charge < -0.3 is 21.1 Å². The number of aromatic nitrogens is 3. The molecule has 0 atom stereocenters. The molecule has 32 heavy (non-hydrogen) atoms. The van der Waals surface area contributed by atoms with Gasteiger partial charge in [-0.1, -0.05) is 29.5 Å². The Hall–Kier alpha value is -3.67. The van der Waals surface area contributed by atoms with Gasteiger partial charge in [-0.15, -0.1) is 0 Å². The molecule has 1 fully saturated rings. The highest BCUT2D eigenvalue weighted by atomic mass is 35.5. The maximum Gasteiger partial charge on any atom is 0.255 e. The van der Waals surface area contributed by atoms with Crippen LogP contribution in [0.3, 0.4) is 0 Å². The second kappa shape index (κ2) is 9.22. The summed E-state index contributed by atoms with van der Waals surface area (Å²) >= 11 is 6.50. The van der Waals surface area contributed by atoms with Gasteiger partial charge in [-0.05, 0) is 31.2 Å². The van der Waals surface area contributed by atoms with Crippen molar-refractivity contribution < 1.29 is 9.53 Å². The van der Waals surface area contributed by atoms with Gasteiger partial charge in [0.1, 0.15) is 5.82 Å². The molecule has 3 aromatic rings. The van der Waals surface area contributed by atoms with Crippen LogP contribution in [0.1, 0.15) is 27.2 Å². The molecule has 0 bridgehead atoms. The summed E-state index contributed by atoms with van der Waals surface area (Å²) in [6.45, 7) is 3.93. The summed E-state index contributed by atoms with van der Waals surface area (Å²) in [7, 11) is 0. The Kier molecular flexibility index (Phi) is 6.21. The second-order valence-electron chi connectivity index (χ2n) is 7.21. The first-order valence-corrected chi connectivity index (χ1v) is 10.3. The fourth-order valence-corrected chi connectivity index (χ4v) is 3.60. The molecule has 4 rings (SSSR count). The molecule has 4 N–H and O–H groups in total. The van der Waals surface area contributed by atoms with Crippen LogP contribution in [0, 0.1) is 18.8 Å². The lowest BCUT2D eigenvalue weighted by atomic mass is 10.0. The molecule has 2 aromatic heterocycles. The molecular weight excluding hydrogens is 428 g/mol. The highest BCUT2D eigenvalue weighted by Gasteiger charge is 2.21. The minimum Gasteiger partial charge on any atom is -0.384 e. The molecule has 1 saturated heterocycles. The van der Waals surface area contributed by atoms with Crippen molar-refractivity contribution >= 4 is 29.3 Å². The van der Waals surface area contributed by atoms with E-state index < -0.39 is 0 Å². The number of hydrogen-bond donors (Lipinski definition) is 2. The van der Waals surface area contributed by atoms with Gasteiger partial charge in [0.05, 0.1) is 40.8 Å². The Morgan fingerprint density at radius 3 is 2.59 bits per heavy atom. The normalized spacial score (nSPS) is 13.4. The van der Waals surface area contributed by atoms with Crippen LogP contribution in [-0.2, 0) is 4.74 Å². The van der Waals surface area contributed by atoms with E-state index in [1.165, 1.54) is 0 Å². The zero-order valence-corrected chi connectivity index (χ0v) is 18.2. The molecule has 1 aliphatic rings. The average Bonchev–Trinajstić information content (AvgIpc) is 2.79. The molecule has 9 heteroatoms. The molecule has 8 nitrogen and oxygen atoms in total. The van der Waals surface area contributed by atoms with Crippen molar-refractivity contribution in [2.75, 3.05) is 37.8 Å². The van der Waals surface area contributed by atoms with Crippen molar-refractivity contribution in [2.24, 2.45) is 0 Å². The molecule has 0 saturated carbocycles. The minimum atomic E-state index is -0.126. The highest BCUT2D eigenvalue weighted by Crippen LogP contribution is 2.29. The number of nitrogen functional groups attached to an aromatic ring is 2. The van der Waals surface area contributed by atoms with Gasteiger partial charge in [-0.3, -0.25) is 4.79 Å². The number of carbonyl (C=O) groups excluding carboxylic acids is 1. The molecule has 0 unspecified atom stereocenters. The third kappa shape index (κ3) is 4.64. The van der Waals surface area contributed by atoms with Gasteiger partial charge in [-0.25, -0.2) is 15.0 Å². The van der Waals surface area contributed by atoms with E-state index in [-0.39, 0.29) is 11.9 Å². The molecule has 0 spiro atoms. The Morgan fingerprint density at radius 2 is 1.91 bits per heavy atom. The van der Waals surface area contributed by atoms with E-state index in [4.69, 9.17) is 27.8 Å². The zero-order chi connectivity index (χ0) is 22.7. The standard InChI is InChI=1S/C23H21ClN6O2/c1-14-17(5-2-15-3-7-20(25)27-13-15)21(29-23(26)28-14)16-4-6-18(19(24)12-16)22(31)30-8-10-32-11-9-30/h3-4,6-7,12-13H,8-11H2,1H3,(H2,25,27)(H2,26,28,29). The quantitative estimate of drug-likeness (QED) is 0.578. The van der Waals surface area contributed by atoms with Crippen molar-refractivity contribution in [2.45, 2.75) is 6.92 Å². The van der Waals surface area contributed by atoms with E-state index >= 15 is 0 Å². The Bertz CT molecular complexity index is 1230. The first-order valence-electron chi connectivity index (χ1n) is 9.97. The number of pyridine rings is 1. The van der Waals surface area contributed by atoms with Crippen molar-refractivity contribution in [1.29, 1.82) is 0 Å². The van der Waals surface area contributed by atoms with Crippen molar-refractivity contribution in [1.82, 2.24) is 19.9 Å². The summed E-state index contributed by atoms with van der Waals surface area (Å²) in [6, 6.07) is 8.65. The number of benzene rings is 1. The maximum absolute atomic E-state index is 12.8. The van der Waals surface area contributed by atoms with E-state index in [1.54, 1.807) is 41.4 Å². The van der Waals surface area contributed by atoms with E-state index in [9.17, 15) is 4.79 Å². The van der Waals surface area contributed by atoms with Crippen molar-refractivity contribution in [3.8, 4) is 23.1 Å². The number of anilines is 2. The molecule has 162 valence electrons. The number of nitrogens with two attached hydrogens (primary N) is 2. The Balaban J connectivity index is 1.71. The van der Waals surface area contributed by atoms with Gasteiger partial charge in [-0.2, -0.15) is 0 Å². The van der Waals surface area contributed by atoms with Crippen LogP contribution in [0.25, 0.3) is 11.3 Å². The lowest BCUT2D eigenvalue weighted by Gasteiger charge is -2.27. The number of morpholine rings is 1. The number of rotatable bonds is 2. The van der Waals surface area contributed by atoms with Crippen molar-refractivity contribution in [3.05, 3.63) is 63.9 Å². The van der Waals surface area contributed by atoms with E-state index in [1.807, 2.05) is 6.92 Å². The molecule has 0 radical (unpaired) electrons. The van der Waals surface area contributed by atoms with E-state index in [0.29, 0.717) is 70.8 Å². The SMILES string of the molecule is Cc1nc(N)nc(-c2ccc(C(=O)N3CCOCC3)c(Cl)c2)c1C#Cc1ccc(N)nc1. The molecule has 1 amide bonds. The van der Waals surface area contributed by atoms with Crippen LogP contribution >= 0.6 is 11.6 Å². The van der Waals surface area contributed by atoms with Crippen LogP contribution in [0.15, 0.2) is 36.5 Å². The van der Waals surface area contributed by atoms with Crippen LogP contribution < -0.4 is 11.5 Å². The maximum atomic E-state index is 12.8. The van der Waals surface area contributed by atoms with Gasteiger partial charge in [0.2, 0.25) is 5.95 Å². The van der Waals surface area contributed by atoms with Gasteiger partial charge in [0.25, 0.3) is 5.91 Å². The first kappa shape index (κ1) is 21.6. The predicted octanol–water partition coefficient (Wildman–Crippen LogP) is 2.54. The highest BCUT2D eigenvalue weighted by molar-refractivity contribution is 6.34. The smallest absolute Gasteiger partial charge is 0.255 e. The lowest BCUT2D eigenvalue weighted by molar-refractivity contribution is 0.0303. The largest absolute Gasteiger partial charge is 0.384 e. The van der Waals surface area contributed by atoms with E-state index in [0.717, 1.165) is 0 Å². The summed E-state index contributed by atoms with van der Waals surface area (Å²) in [4.78, 5) is 27.2. The molecule has 3 heterocycles. The fourth-order valence-electron chi connectivity index (χ4n) is 3.34. The Morgan fingerprint density at radius 1 is 1.12 bits per heavy atom. The molecule has 0 aliphatic carbocycles. The number of hydrogen-bond acceptors (Lipinski definition) is 7. The summed E-state index contributed by atoms with van der Waals surface area (Å²) in [5.41, 5.74) is 15.1. The van der Waals surface area contributed by atoms with Crippen LogP contribution in [0.4, 0.5) is 11.8 Å². The summed E-state index contributed by atoms with van der Waals surface area (Å²) < 4.78 is 5.31. The lowest BCUT2D eigenvalue weighted by Crippen LogP contribution is -2.40. The number of ether oxygens (including phenoxy) is 1. The summed E-state index contributed by atoms with van der Waals surface area (Å²) in [5.74, 6) is 6.58. The average molecular weight is 449 g/mol. The molecule has 1 aliphatic heterocycles. The minimum absolute atomic E-state index is 0.126. The predicted molar refractivity (Wildman–Crippen MR) is 123 cm³/mol. The van der Waals surface area contributed by atoms with Crippen LogP contribution in [0.2, 0.25) is 5.02 Å². The van der Waals surface area contributed by atoms with Gasteiger partial charge in [0.15, 0.2) is 0 Å². The number of carbonyl (C=O) groups is 1. The summed E-state index contributed by atoms with van der Waals surface area (Å²) in [5, 5.41) is 0.329. The van der Waals surface area contributed by atoms with Gasteiger partial charge in [0, 0.05) is 30.4 Å². The molecular formula is C23H21ClN6O2. The summed E-state index contributed by atoms with van der Waals surface area (Å²) in [6.07, 6.45) is 1.60. The number of aryl methyl sites for hydroxylation is 1. The number of nitrogens with zero attached hydrogens (tertiary/aromatic N) is 4. The monoisotopic (exact) mass is 448 g/mol. The Labute approximate surface area is 190 Å².